The molecule has 0 radical (unpaired) electrons. The zero-order valence-electron chi connectivity index (χ0n) is 10.0. The largest absolute Gasteiger partial charge is 0.350 e. The van der Waals surface area contributed by atoms with Crippen LogP contribution in [-0.4, -0.2) is 18.5 Å². The van der Waals surface area contributed by atoms with Crippen LogP contribution in [0.3, 0.4) is 0 Å². The van der Waals surface area contributed by atoms with E-state index in [0.717, 1.165) is 25.9 Å². The number of ether oxygens (including phenoxy) is 2. The van der Waals surface area contributed by atoms with Gasteiger partial charge in [-0.05, 0) is 26.2 Å². The van der Waals surface area contributed by atoms with Crippen molar-refractivity contribution in [3.8, 4) is 0 Å². The molecule has 0 aromatic carbocycles. The molecule has 1 fully saturated rings. The predicted molar refractivity (Wildman–Crippen MR) is 58.2 cm³/mol. The maximum Gasteiger partial charge on any atom is 0.165 e. The highest BCUT2D eigenvalue weighted by Crippen LogP contribution is 2.32. The van der Waals surface area contributed by atoms with Crippen molar-refractivity contribution < 1.29 is 9.47 Å². The van der Waals surface area contributed by atoms with Gasteiger partial charge in [0.2, 0.25) is 0 Å². The molecule has 0 spiro atoms. The zero-order chi connectivity index (χ0) is 10.6. The highest BCUT2D eigenvalue weighted by molar-refractivity contribution is 4.78. The van der Waals surface area contributed by atoms with Crippen LogP contribution in [0.2, 0.25) is 0 Å². The SMILES string of the molecule is CCC[C@@H]1O[C@](C)(CC)OC[C@@H]1CC. The molecule has 0 unspecified atom stereocenters. The molecule has 0 aromatic rings. The van der Waals surface area contributed by atoms with Gasteiger partial charge >= 0.3 is 0 Å². The normalized spacial score (nSPS) is 38.6. The second kappa shape index (κ2) is 5.13. The quantitative estimate of drug-likeness (QED) is 0.693. The monoisotopic (exact) mass is 200 g/mol. The number of rotatable bonds is 4. The van der Waals surface area contributed by atoms with Crippen LogP contribution in [0.15, 0.2) is 0 Å². The fraction of sp³-hybridized carbons (Fsp3) is 1.00. The summed E-state index contributed by atoms with van der Waals surface area (Å²) in [7, 11) is 0. The molecule has 84 valence electrons. The van der Waals surface area contributed by atoms with E-state index in [4.69, 9.17) is 9.47 Å². The van der Waals surface area contributed by atoms with E-state index in [0.29, 0.717) is 12.0 Å². The van der Waals surface area contributed by atoms with E-state index in [1.165, 1.54) is 6.42 Å². The van der Waals surface area contributed by atoms with Gasteiger partial charge in [0.05, 0.1) is 12.7 Å². The average Bonchev–Trinajstić information content (AvgIpc) is 2.19. The fourth-order valence-corrected chi connectivity index (χ4v) is 1.99. The Kier molecular flexibility index (Phi) is 4.39. The molecule has 0 aromatic heterocycles. The zero-order valence-corrected chi connectivity index (χ0v) is 10.0. The van der Waals surface area contributed by atoms with Gasteiger partial charge in [0.15, 0.2) is 5.79 Å². The number of hydrogen-bond donors (Lipinski definition) is 0. The molecule has 1 aliphatic rings. The van der Waals surface area contributed by atoms with Crippen LogP contribution in [0.1, 0.15) is 53.4 Å². The molecule has 0 saturated carbocycles. The summed E-state index contributed by atoms with van der Waals surface area (Å²) < 4.78 is 11.8. The van der Waals surface area contributed by atoms with Crippen molar-refractivity contribution in [2.45, 2.75) is 65.3 Å². The van der Waals surface area contributed by atoms with E-state index in [1.54, 1.807) is 0 Å². The Balaban J connectivity index is 2.56. The third-order valence-electron chi connectivity index (χ3n) is 3.27. The summed E-state index contributed by atoms with van der Waals surface area (Å²) in [4.78, 5) is 0. The van der Waals surface area contributed by atoms with Crippen LogP contribution in [0.4, 0.5) is 0 Å². The Hall–Kier alpha value is -0.0800. The van der Waals surface area contributed by atoms with Gasteiger partial charge in [-0.3, -0.25) is 0 Å². The van der Waals surface area contributed by atoms with E-state index in [1.807, 2.05) is 0 Å². The molecule has 2 nitrogen and oxygen atoms in total. The van der Waals surface area contributed by atoms with Gasteiger partial charge in [-0.1, -0.05) is 27.2 Å². The summed E-state index contributed by atoms with van der Waals surface area (Å²) in [5.41, 5.74) is 0. The molecule has 0 aliphatic carbocycles. The molecule has 1 rings (SSSR count). The van der Waals surface area contributed by atoms with Crippen LogP contribution in [0.5, 0.6) is 0 Å². The highest BCUT2D eigenvalue weighted by atomic mass is 16.7. The van der Waals surface area contributed by atoms with Gasteiger partial charge in [0.1, 0.15) is 0 Å². The van der Waals surface area contributed by atoms with Crippen molar-refractivity contribution in [3.05, 3.63) is 0 Å². The third kappa shape index (κ3) is 2.71. The Morgan fingerprint density at radius 2 is 2.00 bits per heavy atom. The molecular formula is C12H24O2. The van der Waals surface area contributed by atoms with Crippen LogP contribution in [-0.2, 0) is 9.47 Å². The number of hydrogen-bond acceptors (Lipinski definition) is 2. The maximum atomic E-state index is 6.04. The lowest BCUT2D eigenvalue weighted by Crippen LogP contribution is -2.46. The van der Waals surface area contributed by atoms with Gasteiger partial charge in [-0.15, -0.1) is 0 Å². The van der Waals surface area contributed by atoms with Crippen molar-refractivity contribution in [3.63, 3.8) is 0 Å². The third-order valence-corrected chi connectivity index (χ3v) is 3.27. The molecule has 14 heavy (non-hydrogen) atoms. The van der Waals surface area contributed by atoms with Crippen molar-refractivity contribution in [2.24, 2.45) is 5.92 Å². The first-order valence-electron chi connectivity index (χ1n) is 5.97. The molecule has 2 heteroatoms. The van der Waals surface area contributed by atoms with Crippen LogP contribution >= 0.6 is 0 Å². The molecule has 1 saturated heterocycles. The van der Waals surface area contributed by atoms with Crippen molar-refractivity contribution >= 4 is 0 Å². The van der Waals surface area contributed by atoms with Gasteiger partial charge in [-0.2, -0.15) is 0 Å². The summed E-state index contributed by atoms with van der Waals surface area (Å²) in [6.07, 6.45) is 4.86. The van der Waals surface area contributed by atoms with Crippen LogP contribution in [0, 0.1) is 5.92 Å². The van der Waals surface area contributed by atoms with Gasteiger partial charge in [-0.25, -0.2) is 0 Å². The van der Waals surface area contributed by atoms with Crippen molar-refractivity contribution in [1.82, 2.24) is 0 Å². The molecule has 1 heterocycles. The van der Waals surface area contributed by atoms with Gasteiger partial charge in [0.25, 0.3) is 0 Å². The van der Waals surface area contributed by atoms with Gasteiger partial charge < -0.3 is 9.47 Å². The van der Waals surface area contributed by atoms with E-state index < -0.39 is 0 Å². The molecule has 0 amide bonds. The van der Waals surface area contributed by atoms with Crippen molar-refractivity contribution in [2.75, 3.05) is 6.61 Å². The standard InChI is InChI=1S/C12H24O2/c1-5-8-11-10(6-2)9-13-12(4,7-3)14-11/h10-11H,5-9H2,1-4H3/t10-,11-,12+/m0/s1. The summed E-state index contributed by atoms with van der Waals surface area (Å²) in [5, 5.41) is 0. The Morgan fingerprint density at radius 1 is 1.29 bits per heavy atom. The van der Waals surface area contributed by atoms with Crippen LogP contribution < -0.4 is 0 Å². The molecule has 1 aliphatic heterocycles. The maximum absolute atomic E-state index is 6.04. The summed E-state index contributed by atoms with van der Waals surface area (Å²) in [6, 6.07) is 0. The molecule has 0 bridgehead atoms. The first kappa shape index (κ1) is 12.0. The lowest BCUT2D eigenvalue weighted by Gasteiger charge is -2.42. The van der Waals surface area contributed by atoms with Crippen LogP contribution in [0.25, 0.3) is 0 Å². The van der Waals surface area contributed by atoms with E-state index >= 15 is 0 Å². The minimum Gasteiger partial charge on any atom is -0.350 e. The molecular weight excluding hydrogens is 176 g/mol. The van der Waals surface area contributed by atoms with Crippen molar-refractivity contribution in [1.29, 1.82) is 0 Å². The lowest BCUT2D eigenvalue weighted by atomic mass is 9.94. The van der Waals surface area contributed by atoms with E-state index in [9.17, 15) is 0 Å². The minimum absolute atomic E-state index is 0.328. The lowest BCUT2D eigenvalue weighted by molar-refractivity contribution is -0.304. The first-order valence-corrected chi connectivity index (χ1v) is 5.97. The summed E-state index contributed by atoms with van der Waals surface area (Å²) in [6.45, 7) is 9.48. The summed E-state index contributed by atoms with van der Waals surface area (Å²) >= 11 is 0. The predicted octanol–water partition coefficient (Wildman–Crippen LogP) is 3.35. The Morgan fingerprint density at radius 3 is 2.50 bits per heavy atom. The smallest absolute Gasteiger partial charge is 0.165 e. The molecule has 3 atom stereocenters. The highest BCUT2D eigenvalue weighted by Gasteiger charge is 2.36. The van der Waals surface area contributed by atoms with Gasteiger partial charge in [0, 0.05) is 5.92 Å². The Labute approximate surface area is 88.0 Å². The van der Waals surface area contributed by atoms with E-state index in [2.05, 4.69) is 27.7 Å². The minimum atomic E-state index is -0.328. The Bertz CT molecular complexity index is 170. The summed E-state index contributed by atoms with van der Waals surface area (Å²) in [5.74, 6) is 0.264. The topological polar surface area (TPSA) is 18.5 Å². The van der Waals surface area contributed by atoms with E-state index in [-0.39, 0.29) is 5.79 Å². The second-order valence-electron chi connectivity index (χ2n) is 4.41. The first-order chi connectivity index (χ1) is 6.65. The average molecular weight is 200 g/mol. The second-order valence-corrected chi connectivity index (χ2v) is 4.41. The molecule has 0 N–H and O–H groups in total. The fourth-order valence-electron chi connectivity index (χ4n) is 1.99.